The maximum absolute atomic E-state index is 13.1. The number of aromatic nitrogens is 2. The van der Waals surface area contributed by atoms with E-state index in [0.29, 0.717) is 13.1 Å². The highest BCUT2D eigenvalue weighted by molar-refractivity contribution is 7.09. The molecule has 5 nitrogen and oxygen atoms in total. The van der Waals surface area contributed by atoms with Crippen LogP contribution in [0.5, 0.6) is 0 Å². The Bertz CT molecular complexity index is 1160. The highest BCUT2D eigenvalue weighted by Gasteiger charge is 2.25. The Balaban J connectivity index is 1.25. The molecule has 150 valence electrons. The third-order valence-corrected chi connectivity index (χ3v) is 6.33. The molecule has 0 atom stereocenters. The van der Waals surface area contributed by atoms with Crippen molar-refractivity contribution in [3.63, 3.8) is 0 Å². The lowest BCUT2D eigenvalue weighted by atomic mass is 10.0. The highest BCUT2D eigenvalue weighted by Crippen LogP contribution is 2.23. The van der Waals surface area contributed by atoms with Crippen LogP contribution in [0.2, 0.25) is 0 Å². The van der Waals surface area contributed by atoms with Gasteiger partial charge in [-0.05, 0) is 22.4 Å². The number of carbonyl (C=O) groups excluding carboxylic acids is 1. The Kier molecular flexibility index (Phi) is 5.15. The van der Waals surface area contributed by atoms with E-state index in [2.05, 4.69) is 21.4 Å². The average molecular weight is 415 g/mol. The van der Waals surface area contributed by atoms with Crippen molar-refractivity contribution in [2.75, 3.05) is 31.1 Å². The van der Waals surface area contributed by atoms with Crippen molar-refractivity contribution in [2.45, 2.75) is 6.42 Å². The summed E-state index contributed by atoms with van der Waals surface area (Å²) in [6.45, 7) is 2.93. The van der Waals surface area contributed by atoms with E-state index in [9.17, 15) is 4.79 Å². The van der Waals surface area contributed by atoms with E-state index in [1.807, 2.05) is 65.6 Å². The summed E-state index contributed by atoms with van der Waals surface area (Å²) >= 11 is 1.44. The number of benzene rings is 3. The molecule has 2 heterocycles. The van der Waals surface area contributed by atoms with E-state index in [1.165, 1.54) is 17.1 Å². The van der Waals surface area contributed by atoms with Crippen molar-refractivity contribution in [3.8, 4) is 0 Å². The number of piperazine rings is 1. The van der Waals surface area contributed by atoms with Gasteiger partial charge in [-0.15, -0.1) is 0 Å². The topological polar surface area (TPSA) is 49.3 Å². The van der Waals surface area contributed by atoms with Gasteiger partial charge in [-0.3, -0.25) is 4.79 Å². The van der Waals surface area contributed by atoms with Crippen LogP contribution in [0.25, 0.3) is 10.8 Å². The van der Waals surface area contributed by atoms with Crippen LogP contribution in [-0.2, 0) is 6.42 Å². The van der Waals surface area contributed by atoms with Crippen LogP contribution in [0.1, 0.15) is 21.7 Å². The predicted molar refractivity (Wildman–Crippen MR) is 121 cm³/mol. The third-order valence-electron chi connectivity index (χ3n) is 5.52. The van der Waals surface area contributed by atoms with Crippen LogP contribution in [0, 0.1) is 0 Å². The normalized spacial score (nSPS) is 14.3. The second-order valence-electron chi connectivity index (χ2n) is 7.46. The molecule has 1 saturated heterocycles. The van der Waals surface area contributed by atoms with Crippen molar-refractivity contribution in [3.05, 3.63) is 89.7 Å². The summed E-state index contributed by atoms with van der Waals surface area (Å²) in [6.07, 6.45) is 0.747. The predicted octanol–water partition coefficient (Wildman–Crippen LogP) is 4.24. The lowest BCUT2D eigenvalue weighted by Gasteiger charge is -2.34. The van der Waals surface area contributed by atoms with Crippen LogP contribution >= 0.6 is 11.5 Å². The van der Waals surface area contributed by atoms with E-state index in [0.717, 1.165) is 46.8 Å². The molecular weight excluding hydrogens is 392 g/mol. The fraction of sp³-hybridized carbons (Fsp3) is 0.208. The largest absolute Gasteiger partial charge is 0.343 e. The Hall–Kier alpha value is -3.25. The Labute approximate surface area is 179 Å². The van der Waals surface area contributed by atoms with E-state index >= 15 is 0 Å². The molecule has 1 aliphatic rings. The molecular formula is C24H22N4OS. The van der Waals surface area contributed by atoms with E-state index < -0.39 is 0 Å². The van der Waals surface area contributed by atoms with Crippen molar-refractivity contribution in [1.82, 2.24) is 14.3 Å². The fourth-order valence-electron chi connectivity index (χ4n) is 3.91. The zero-order valence-corrected chi connectivity index (χ0v) is 17.4. The number of nitrogens with zero attached hydrogens (tertiary/aromatic N) is 4. The van der Waals surface area contributed by atoms with E-state index in [-0.39, 0.29) is 5.91 Å². The van der Waals surface area contributed by atoms with Gasteiger partial charge in [0.05, 0.1) is 0 Å². The second kappa shape index (κ2) is 8.24. The number of hydrogen-bond donors (Lipinski definition) is 0. The monoisotopic (exact) mass is 414 g/mol. The molecule has 3 aromatic carbocycles. The van der Waals surface area contributed by atoms with Gasteiger partial charge in [-0.25, -0.2) is 4.98 Å². The molecule has 1 aromatic heterocycles. The molecule has 0 unspecified atom stereocenters. The van der Waals surface area contributed by atoms with Gasteiger partial charge in [0.1, 0.15) is 5.82 Å². The number of anilines is 1. The minimum atomic E-state index is 0.105. The number of hydrogen-bond acceptors (Lipinski definition) is 5. The first-order valence-corrected chi connectivity index (χ1v) is 10.9. The van der Waals surface area contributed by atoms with Gasteiger partial charge in [-0.2, -0.15) is 4.37 Å². The molecule has 1 aliphatic heterocycles. The highest BCUT2D eigenvalue weighted by atomic mass is 32.1. The Morgan fingerprint density at radius 3 is 2.43 bits per heavy atom. The zero-order valence-electron chi connectivity index (χ0n) is 16.6. The Morgan fingerprint density at radius 1 is 0.867 bits per heavy atom. The fourth-order valence-corrected chi connectivity index (χ4v) is 4.64. The molecule has 4 aromatic rings. The van der Waals surface area contributed by atoms with E-state index in [4.69, 9.17) is 4.98 Å². The summed E-state index contributed by atoms with van der Waals surface area (Å²) in [7, 11) is 0. The standard InChI is InChI=1S/C24H22N4OS/c29-23(21-12-6-10-19-9-4-5-11-20(19)21)27-13-15-28(16-14-27)24-25-22(26-30-24)17-18-7-2-1-3-8-18/h1-12H,13-17H2. The van der Waals surface area contributed by atoms with Gasteiger partial charge in [0.2, 0.25) is 5.13 Å². The molecule has 0 bridgehead atoms. The summed E-state index contributed by atoms with van der Waals surface area (Å²) in [5.74, 6) is 0.962. The molecule has 0 N–H and O–H groups in total. The van der Waals surface area contributed by atoms with Gasteiger partial charge in [0, 0.05) is 49.7 Å². The van der Waals surface area contributed by atoms with Crippen LogP contribution in [0.4, 0.5) is 5.13 Å². The smallest absolute Gasteiger partial charge is 0.254 e. The molecule has 1 amide bonds. The molecule has 0 aliphatic carbocycles. The zero-order chi connectivity index (χ0) is 20.3. The summed E-state index contributed by atoms with van der Waals surface area (Å²) in [5.41, 5.74) is 2.00. The molecule has 0 spiro atoms. The first-order valence-electron chi connectivity index (χ1n) is 10.2. The lowest BCUT2D eigenvalue weighted by Crippen LogP contribution is -2.48. The Morgan fingerprint density at radius 2 is 1.60 bits per heavy atom. The summed E-state index contributed by atoms with van der Waals surface area (Å²) in [4.78, 5) is 22.1. The van der Waals surface area contributed by atoms with Crippen LogP contribution in [-0.4, -0.2) is 46.3 Å². The van der Waals surface area contributed by atoms with Gasteiger partial charge in [0.15, 0.2) is 0 Å². The first kappa shape index (κ1) is 18.8. The number of amides is 1. The van der Waals surface area contributed by atoms with Crippen molar-refractivity contribution in [1.29, 1.82) is 0 Å². The van der Waals surface area contributed by atoms with Crippen LogP contribution in [0.3, 0.4) is 0 Å². The molecule has 30 heavy (non-hydrogen) atoms. The molecule has 0 radical (unpaired) electrons. The summed E-state index contributed by atoms with van der Waals surface area (Å²) in [6, 6.07) is 24.3. The third kappa shape index (κ3) is 3.78. The average Bonchev–Trinajstić information content (AvgIpc) is 3.27. The molecule has 5 rings (SSSR count). The first-order chi connectivity index (χ1) is 14.8. The number of rotatable bonds is 4. The quantitative estimate of drug-likeness (QED) is 0.501. The van der Waals surface area contributed by atoms with E-state index in [1.54, 1.807) is 0 Å². The van der Waals surface area contributed by atoms with Gasteiger partial charge in [0.25, 0.3) is 5.91 Å². The summed E-state index contributed by atoms with van der Waals surface area (Å²) < 4.78 is 4.53. The maximum Gasteiger partial charge on any atom is 0.254 e. The second-order valence-corrected chi connectivity index (χ2v) is 8.19. The van der Waals surface area contributed by atoms with Crippen molar-refractivity contribution in [2.24, 2.45) is 0 Å². The van der Waals surface area contributed by atoms with Gasteiger partial charge >= 0.3 is 0 Å². The lowest BCUT2D eigenvalue weighted by molar-refractivity contribution is 0.0748. The van der Waals surface area contributed by atoms with Gasteiger partial charge < -0.3 is 9.80 Å². The molecule has 1 fully saturated rings. The minimum Gasteiger partial charge on any atom is -0.343 e. The SMILES string of the molecule is O=C(c1cccc2ccccc12)N1CCN(c2nc(Cc3ccccc3)ns2)CC1. The number of carbonyl (C=O) groups is 1. The van der Waals surface area contributed by atoms with Crippen molar-refractivity contribution < 1.29 is 4.79 Å². The van der Waals surface area contributed by atoms with Gasteiger partial charge in [-0.1, -0.05) is 66.7 Å². The summed E-state index contributed by atoms with van der Waals surface area (Å²) in [5, 5.41) is 3.06. The van der Waals surface area contributed by atoms with Crippen LogP contribution < -0.4 is 4.90 Å². The van der Waals surface area contributed by atoms with Crippen molar-refractivity contribution >= 4 is 33.3 Å². The van der Waals surface area contributed by atoms with Crippen LogP contribution in [0.15, 0.2) is 72.8 Å². The minimum absolute atomic E-state index is 0.105. The number of fused-ring (bicyclic) bond motifs is 1. The maximum atomic E-state index is 13.1. The molecule has 0 saturated carbocycles. The molecule has 6 heteroatoms.